The number of nitrogens with zero attached hydrogens (tertiary/aromatic N) is 3. The number of benzene rings is 2. The second-order valence-electron chi connectivity index (χ2n) is 12.3. The quantitative estimate of drug-likeness (QED) is 0.222. The van der Waals surface area contributed by atoms with Crippen LogP contribution in [0, 0.1) is 0 Å². The molecule has 44 heavy (non-hydrogen) atoms. The predicted molar refractivity (Wildman–Crippen MR) is 165 cm³/mol. The van der Waals surface area contributed by atoms with Crippen molar-refractivity contribution in [1.82, 2.24) is 15.3 Å². The van der Waals surface area contributed by atoms with Crippen molar-refractivity contribution in [2.75, 3.05) is 11.4 Å². The Labute approximate surface area is 258 Å². The highest BCUT2D eigenvalue weighted by Gasteiger charge is 2.32. The van der Waals surface area contributed by atoms with E-state index in [1.807, 2.05) is 24.3 Å². The van der Waals surface area contributed by atoms with E-state index in [0.29, 0.717) is 15.6 Å². The van der Waals surface area contributed by atoms with Crippen LogP contribution in [-0.2, 0) is 22.1 Å². The van der Waals surface area contributed by atoms with Gasteiger partial charge in [0, 0.05) is 23.3 Å². The van der Waals surface area contributed by atoms with Crippen LogP contribution in [0.2, 0.25) is 0 Å². The van der Waals surface area contributed by atoms with E-state index >= 15 is 0 Å². The molecular weight excluding hydrogens is 593 g/mol. The van der Waals surface area contributed by atoms with E-state index in [9.17, 15) is 22.8 Å². The van der Waals surface area contributed by atoms with Crippen molar-refractivity contribution in [3.8, 4) is 10.6 Å². The lowest BCUT2D eigenvalue weighted by molar-refractivity contribution is -0.137. The Kier molecular flexibility index (Phi) is 9.53. The van der Waals surface area contributed by atoms with Gasteiger partial charge in [0.2, 0.25) is 0 Å². The Hall–Kier alpha value is -4.19. The first kappa shape index (κ1) is 32.7. The SMILES string of the molecule is CC(C)(C)OC(=O)N[C@@H](Cc1ccc(C(F)(F)F)cc1)CN(C(=O)OC(C)(C)C)c1cnc(-c2ccc3cnccc3c2)s1. The van der Waals surface area contributed by atoms with Gasteiger partial charge in [-0.05, 0) is 83.2 Å². The van der Waals surface area contributed by atoms with Gasteiger partial charge in [0.1, 0.15) is 21.2 Å². The summed E-state index contributed by atoms with van der Waals surface area (Å²) in [7, 11) is 0. The van der Waals surface area contributed by atoms with Gasteiger partial charge in [-0.1, -0.05) is 35.6 Å². The molecule has 0 bridgehead atoms. The van der Waals surface area contributed by atoms with Crippen LogP contribution in [0.1, 0.15) is 52.7 Å². The summed E-state index contributed by atoms with van der Waals surface area (Å²) in [6, 6.07) is 11.7. The molecule has 1 N–H and O–H groups in total. The first-order valence-electron chi connectivity index (χ1n) is 13.9. The predicted octanol–water partition coefficient (Wildman–Crippen LogP) is 8.25. The Morgan fingerprint density at radius 1 is 0.909 bits per heavy atom. The van der Waals surface area contributed by atoms with Gasteiger partial charge < -0.3 is 14.8 Å². The summed E-state index contributed by atoms with van der Waals surface area (Å²) in [4.78, 5) is 36.5. The van der Waals surface area contributed by atoms with Crippen LogP contribution in [0.25, 0.3) is 21.3 Å². The number of hydrogen-bond donors (Lipinski definition) is 1. The number of carbonyl (C=O) groups is 2. The molecule has 0 fully saturated rings. The molecule has 4 aromatic rings. The number of thiazole rings is 1. The van der Waals surface area contributed by atoms with Crippen molar-refractivity contribution < 1.29 is 32.2 Å². The molecule has 1 atom stereocenters. The van der Waals surface area contributed by atoms with Crippen LogP contribution in [0.3, 0.4) is 0 Å². The highest BCUT2D eigenvalue weighted by molar-refractivity contribution is 7.19. The number of amides is 2. The van der Waals surface area contributed by atoms with Crippen molar-refractivity contribution in [3.63, 3.8) is 0 Å². The number of nitrogens with one attached hydrogen (secondary N) is 1. The summed E-state index contributed by atoms with van der Waals surface area (Å²) in [6.45, 7) is 10.3. The van der Waals surface area contributed by atoms with E-state index in [0.717, 1.165) is 28.5 Å². The minimum absolute atomic E-state index is 0.0692. The number of carbonyl (C=O) groups excluding carboxylic acids is 2. The van der Waals surface area contributed by atoms with Crippen LogP contribution < -0.4 is 10.2 Å². The number of alkyl halides is 3. The summed E-state index contributed by atoms with van der Waals surface area (Å²) >= 11 is 1.27. The molecular formula is C32H35F3N4O4S. The molecule has 0 aliphatic carbocycles. The maximum Gasteiger partial charge on any atom is 0.416 e. The lowest BCUT2D eigenvalue weighted by atomic mass is 10.0. The average molecular weight is 629 g/mol. The lowest BCUT2D eigenvalue weighted by Gasteiger charge is -2.30. The Morgan fingerprint density at radius 3 is 2.23 bits per heavy atom. The molecule has 234 valence electrons. The van der Waals surface area contributed by atoms with Gasteiger partial charge in [0.05, 0.1) is 24.3 Å². The third-order valence-corrected chi connectivity index (χ3v) is 7.22. The monoisotopic (exact) mass is 628 g/mol. The van der Waals surface area contributed by atoms with E-state index in [-0.39, 0.29) is 13.0 Å². The van der Waals surface area contributed by atoms with E-state index in [4.69, 9.17) is 9.47 Å². The topological polar surface area (TPSA) is 93.7 Å². The van der Waals surface area contributed by atoms with Gasteiger partial charge in [-0.25, -0.2) is 14.6 Å². The van der Waals surface area contributed by atoms with Crippen molar-refractivity contribution in [1.29, 1.82) is 0 Å². The standard InChI is InChI=1S/C32H35F3N4O4S/c1-30(2,3)42-28(40)38-25(15-20-7-11-24(12-8-20)32(33,34)35)19-39(29(41)43-31(4,5)6)26-18-37-27(44-26)22-9-10-23-17-36-14-13-21(23)16-22/h7-14,16-18,25H,15,19H2,1-6H3,(H,38,40)/t25-/m0/s1. The molecule has 4 rings (SSSR count). The second kappa shape index (κ2) is 12.8. The highest BCUT2D eigenvalue weighted by Crippen LogP contribution is 2.34. The van der Waals surface area contributed by atoms with Crippen molar-refractivity contribution in [3.05, 3.63) is 78.2 Å². The number of anilines is 1. The number of hydrogen-bond acceptors (Lipinski definition) is 7. The number of pyridine rings is 1. The molecule has 0 aliphatic heterocycles. The van der Waals surface area contributed by atoms with E-state index in [2.05, 4.69) is 15.3 Å². The second-order valence-corrected chi connectivity index (χ2v) is 13.3. The van der Waals surface area contributed by atoms with Crippen molar-refractivity contribution >= 4 is 39.3 Å². The molecule has 2 amide bonds. The highest BCUT2D eigenvalue weighted by atomic mass is 32.1. The normalized spacial score (nSPS) is 12.9. The molecule has 0 saturated heterocycles. The fourth-order valence-corrected chi connectivity index (χ4v) is 5.19. The first-order chi connectivity index (χ1) is 20.5. The molecule has 0 spiro atoms. The summed E-state index contributed by atoms with van der Waals surface area (Å²) in [5, 5.41) is 5.87. The summed E-state index contributed by atoms with van der Waals surface area (Å²) in [6.07, 6.45) is -0.727. The van der Waals surface area contributed by atoms with E-state index in [1.54, 1.807) is 60.1 Å². The first-order valence-corrected chi connectivity index (χ1v) is 14.7. The maximum absolute atomic E-state index is 13.5. The number of fused-ring (bicyclic) bond motifs is 1. The van der Waals surface area contributed by atoms with Gasteiger partial charge in [0.15, 0.2) is 0 Å². The maximum atomic E-state index is 13.5. The molecule has 0 saturated carbocycles. The number of aromatic nitrogens is 2. The van der Waals surface area contributed by atoms with Crippen LogP contribution in [-0.4, -0.2) is 45.9 Å². The summed E-state index contributed by atoms with van der Waals surface area (Å²) in [5.41, 5.74) is -1.03. The fourth-order valence-electron chi connectivity index (χ4n) is 4.28. The molecule has 0 aliphatic rings. The third-order valence-electron chi connectivity index (χ3n) is 6.15. The largest absolute Gasteiger partial charge is 0.444 e. The summed E-state index contributed by atoms with van der Waals surface area (Å²) in [5.74, 6) is 0. The number of halogens is 3. The van der Waals surface area contributed by atoms with Crippen LogP contribution >= 0.6 is 11.3 Å². The van der Waals surface area contributed by atoms with E-state index in [1.165, 1.54) is 28.4 Å². The van der Waals surface area contributed by atoms with Gasteiger partial charge in [-0.2, -0.15) is 13.2 Å². The molecule has 2 aromatic heterocycles. The molecule has 2 aromatic carbocycles. The zero-order chi connectivity index (χ0) is 32.3. The van der Waals surface area contributed by atoms with Crippen molar-refractivity contribution in [2.24, 2.45) is 0 Å². The summed E-state index contributed by atoms with van der Waals surface area (Å²) < 4.78 is 50.6. The lowest BCUT2D eigenvalue weighted by Crippen LogP contribution is -2.49. The van der Waals surface area contributed by atoms with Crippen LogP contribution in [0.4, 0.5) is 27.8 Å². The van der Waals surface area contributed by atoms with Gasteiger partial charge >= 0.3 is 18.4 Å². The van der Waals surface area contributed by atoms with Gasteiger partial charge in [-0.3, -0.25) is 9.88 Å². The zero-order valence-electron chi connectivity index (χ0n) is 25.4. The number of rotatable bonds is 7. The average Bonchev–Trinajstić information content (AvgIpc) is 3.39. The number of alkyl carbamates (subject to hydrolysis) is 1. The Balaban J connectivity index is 1.67. The zero-order valence-corrected chi connectivity index (χ0v) is 26.2. The molecule has 0 unspecified atom stereocenters. The number of ether oxygens (including phenoxy) is 2. The molecule has 8 nitrogen and oxygen atoms in total. The third kappa shape index (κ3) is 9.15. The Morgan fingerprint density at radius 2 is 1.59 bits per heavy atom. The van der Waals surface area contributed by atoms with Crippen LogP contribution in [0.5, 0.6) is 0 Å². The van der Waals surface area contributed by atoms with E-state index < -0.39 is 41.2 Å². The molecule has 2 heterocycles. The minimum atomic E-state index is -4.48. The van der Waals surface area contributed by atoms with Crippen LogP contribution in [0.15, 0.2) is 67.1 Å². The van der Waals surface area contributed by atoms with Crippen molar-refractivity contribution in [2.45, 2.75) is 71.4 Å². The minimum Gasteiger partial charge on any atom is -0.444 e. The molecule has 0 radical (unpaired) electrons. The van der Waals surface area contributed by atoms with Gasteiger partial charge in [0.25, 0.3) is 0 Å². The van der Waals surface area contributed by atoms with Gasteiger partial charge in [-0.15, -0.1) is 0 Å². The fraction of sp³-hybridized carbons (Fsp3) is 0.375. The molecule has 12 heteroatoms. The Bertz CT molecular complexity index is 1610. The smallest absolute Gasteiger partial charge is 0.416 e.